The molecule has 1 fully saturated rings. The summed E-state index contributed by atoms with van der Waals surface area (Å²) in [6.45, 7) is 2.57. The first-order chi connectivity index (χ1) is 13.3. The van der Waals surface area contributed by atoms with E-state index >= 15 is 0 Å². The van der Waals surface area contributed by atoms with E-state index in [9.17, 15) is 4.79 Å². The number of nitrogens with zero attached hydrogens (tertiary/aromatic N) is 4. The van der Waals surface area contributed by atoms with Crippen LogP contribution in [0.4, 0.5) is 5.82 Å². The topological polar surface area (TPSA) is 97.3 Å². The molecule has 0 unspecified atom stereocenters. The standard InChI is InChI=1S/C19H21N5O3/c25-17(5-6-18-22-19(23-27-18)15-4-3-11-26-15)21-13-14-7-8-20-16(12-14)24-9-1-2-10-24/h3-4,7-8,11-12H,1-2,5-6,9-10,13H2,(H,21,25). The number of hydrogen-bond donors (Lipinski definition) is 1. The van der Waals surface area contributed by atoms with Crippen LogP contribution in [0.2, 0.25) is 0 Å². The smallest absolute Gasteiger partial charge is 0.238 e. The van der Waals surface area contributed by atoms with Gasteiger partial charge in [0.1, 0.15) is 5.82 Å². The molecule has 0 spiro atoms. The van der Waals surface area contributed by atoms with Crippen LogP contribution in [-0.2, 0) is 17.8 Å². The second-order valence-corrected chi connectivity index (χ2v) is 6.48. The number of carbonyl (C=O) groups is 1. The Hall–Kier alpha value is -3.16. The fraction of sp³-hybridized carbons (Fsp3) is 0.368. The summed E-state index contributed by atoms with van der Waals surface area (Å²) in [5.41, 5.74) is 1.04. The maximum absolute atomic E-state index is 12.1. The lowest BCUT2D eigenvalue weighted by molar-refractivity contribution is -0.121. The van der Waals surface area contributed by atoms with Crippen LogP contribution in [0.1, 0.15) is 30.7 Å². The number of furan rings is 1. The van der Waals surface area contributed by atoms with Gasteiger partial charge in [0, 0.05) is 38.7 Å². The predicted molar refractivity (Wildman–Crippen MR) is 97.9 cm³/mol. The van der Waals surface area contributed by atoms with E-state index in [4.69, 9.17) is 8.94 Å². The van der Waals surface area contributed by atoms with E-state index in [1.165, 1.54) is 12.8 Å². The Bertz CT molecular complexity index is 884. The molecule has 1 aliphatic rings. The molecule has 27 heavy (non-hydrogen) atoms. The predicted octanol–water partition coefficient (Wildman–Crippen LogP) is 2.57. The van der Waals surface area contributed by atoms with E-state index in [-0.39, 0.29) is 12.3 Å². The molecule has 0 radical (unpaired) electrons. The third-order valence-corrected chi connectivity index (χ3v) is 4.51. The summed E-state index contributed by atoms with van der Waals surface area (Å²) < 4.78 is 10.4. The van der Waals surface area contributed by atoms with E-state index in [2.05, 4.69) is 25.3 Å². The van der Waals surface area contributed by atoms with Crippen molar-refractivity contribution in [3.8, 4) is 11.6 Å². The maximum atomic E-state index is 12.1. The van der Waals surface area contributed by atoms with Gasteiger partial charge in [-0.25, -0.2) is 4.98 Å². The van der Waals surface area contributed by atoms with Crippen molar-refractivity contribution < 1.29 is 13.7 Å². The fourth-order valence-corrected chi connectivity index (χ4v) is 3.06. The van der Waals surface area contributed by atoms with Gasteiger partial charge in [0.2, 0.25) is 17.6 Å². The number of rotatable bonds is 7. The van der Waals surface area contributed by atoms with E-state index < -0.39 is 0 Å². The number of carbonyl (C=O) groups excluding carboxylic acids is 1. The van der Waals surface area contributed by atoms with Crippen molar-refractivity contribution in [3.05, 3.63) is 48.2 Å². The molecule has 4 rings (SSSR count). The number of nitrogens with one attached hydrogen (secondary N) is 1. The first-order valence-corrected chi connectivity index (χ1v) is 9.11. The molecule has 0 saturated carbocycles. The van der Waals surface area contributed by atoms with Crippen LogP contribution >= 0.6 is 0 Å². The lowest BCUT2D eigenvalue weighted by Crippen LogP contribution is -2.24. The van der Waals surface area contributed by atoms with Gasteiger partial charge >= 0.3 is 0 Å². The summed E-state index contributed by atoms with van der Waals surface area (Å²) in [6, 6.07) is 7.48. The highest BCUT2D eigenvalue weighted by Gasteiger charge is 2.14. The Morgan fingerprint density at radius 3 is 2.96 bits per heavy atom. The summed E-state index contributed by atoms with van der Waals surface area (Å²) in [4.78, 5) is 23.1. The van der Waals surface area contributed by atoms with Gasteiger partial charge < -0.3 is 19.2 Å². The van der Waals surface area contributed by atoms with Crippen LogP contribution in [0.5, 0.6) is 0 Å². The van der Waals surface area contributed by atoms with Crippen LogP contribution in [0.25, 0.3) is 11.6 Å². The number of aromatic nitrogens is 3. The zero-order valence-electron chi connectivity index (χ0n) is 14.9. The molecule has 0 bridgehead atoms. The van der Waals surface area contributed by atoms with Crippen molar-refractivity contribution in [1.82, 2.24) is 20.4 Å². The minimum Gasteiger partial charge on any atom is -0.461 e. The zero-order valence-corrected chi connectivity index (χ0v) is 14.9. The van der Waals surface area contributed by atoms with Gasteiger partial charge in [-0.2, -0.15) is 4.98 Å². The average molecular weight is 367 g/mol. The van der Waals surface area contributed by atoms with Crippen LogP contribution in [-0.4, -0.2) is 34.1 Å². The Labute approximate surface area is 156 Å². The molecule has 1 N–H and O–H groups in total. The summed E-state index contributed by atoms with van der Waals surface area (Å²) in [5, 5.41) is 6.78. The fourth-order valence-electron chi connectivity index (χ4n) is 3.06. The van der Waals surface area contributed by atoms with Crippen molar-refractivity contribution in [2.45, 2.75) is 32.2 Å². The van der Waals surface area contributed by atoms with Gasteiger partial charge in [-0.3, -0.25) is 4.79 Å². The van der Waals surface area contributed by atoms with Gasteiger partial charge in [-0.05, 0) is 42.7 Å². The quantitative estimate of drug-likeness (QED) is 0.685. The Kier molecular flexibility index (Phi) is 5.13. The molecule has 0 atom stereocenters. The molecule has 1 saturated heterocycles. The molecule has 1 amide bonds. The minimum atomic E-state index is -0.0627. The third-order valence-electron chi connectivity index (χ3n) is 4.51. The van der Waals surface area contributed by atoms with Gasteiger partial charge in [0.25, 0.3) is 0 Å². The zero-order chi connectivity index (χ0) is 18.5. The summed E-state index contributed by atoms with van der Waals surface area (Å²) in [6.07, 6.45) is 6.43. The lowest BCUT2D eigenvalue weighted by Gasteiger charge is -2.16. The summed E-state index contributed by atoms with van der Waals surface area (Å²) in [7, 11) is 0. The molecular weight excluding hydrogens is 346 g/mol. The summed E-state index contributed by atoms with van der Waals surface area (Å²) >= 11 is 0. The molecule has 0 aliphatic carbocycles. The second-order valence-electron chi connectivity index (χ2n) is 6.48. The van der Waals surface area contributed by atoms with Gasteiger partial charge in [-0.1, -0.05) is 5.16 Å². The van der Waals surface area contributed by atoms with Crippen molar-refractivity contribution in [2.75, 3.05) is 18.0 Å². The molecular formula is C19H21N5O3. The number of pyridine rings is 1. The van der Waals surface area contributed by atoms with Crippen molar-refractivity contribution in [2.24, 2.45) is 0 Å². The average Bonchev–Trinajstić information content (AvgIpc) is 3.46. The second kappa shape index (κ2) is 8.03. The Morgan fingerprint density at radius 2 is 2.15 bits per heavy atom. The molecule has 140 valence electrons. The van der Waals surface area contributed by atoms with Gasteiger partial charge in [-0.15, -0.1) is 0 Å². The van der Waals surface area contributed by atoms with Crippen LogP contribution in [0, 0.1) is 0 Å². The Balaban J connectivity index is 1.26. The van der Waals surface area contributed by atoms with E-state index in [0.29, 0.717) is 30.4 Å². The normalized spacial score (nSPS) is 13.9. The highest BCUT2D eigenvalue weighted by molar-refractivity contribution is 5.76. The van der Waals surface area contributed by atoms with Crippen molar-refractivity contribution in [1.29, 1.82) is 0 Å². The number of anilines is 1. The molecule has 8 heteroatoms. The van der Waals surface area contributed by atoms with Crippen LogP contribution < -0.4 is 10.2 Å². The minimum absolute atomic E-state index is 0.0627. The molecule has 0 aromatic carbocycles. The van der Waals surface area contributed by atoms with E-state index in [0.717, 1.165) is 24.5 Å². The first kappa shape index (κ1) is 17.3. The van der Waals surface area contributed by atoms with Gasteiger partial charge in [0.05, 0.1) is 6.26 Å². The van der Waals surface area contributed by atoms with Crippen LogP contribution in [0.15, 0.2) is 45.7 Å². The largest absolute Gasteiger partial charge is 0.461 e. The van der Waals surface area contributed by atoms with Crippen LogP contribution in [0.3, 0.4) is 0 Å². The SMILES string of the molecule is O=C(CCc1nc(-c2ccco2)no1)NCc1ccnc(N2CCCC2)c1. The van der Waals surface area contributed by atoms with E-state index in [1.54, 1.807) is 24.6 Å². The highest BCUT2D eigenvalue weighted by Crippen LogP contribution is 2.19. The Morgan fingerprint density at radius 1 is 1.26 bits per heavy atom. The van der Waals surface area contributed by atoms with Crippen molar-refractivity contribution in [3.63, 3.8) is 0 Å². The number of hydrogen-bond acceptors (Lipinski definition) is 7. The van der Waals surface area contributed by atoms with Crippen molar-refractivity contribution >= 4 is 11.7 Å². The first-order valence-electron chi connectivity index (χ1n) is 9.11. The number of aryl methyl sites for hydroxylation is 1. The maximum Gasteiger partial charge on any atom is 0.238 e. The highest BCUT2D eigenvalue weighted by atomic mass is 16.5. The molecule has 8 nitrogen and oxygen atoms in total. The molecule has 3 aromatic heterocycles. The summed E-state index contributed by atoms with van der Waals surface area (Å²) in [5.74, 6) is 2.27. The monoisotopic (exact) mass is 367 g/mol. The lowest BCUT2D eigenvalue weighted by atomic mass is 10.2. The molecule has 4 heterocycles. The van der Waals surface area contributed by atoms with E-state index in [1.807, 2.05) is 12.1 Å². The van der Waals surface area contributed by atoms with Gasteiger partial charge in [0.15, 0.2) is 5.76 Å². The molecule has 3 aromatic rings. The third kappa shape index (κ3) is 4.33. The number of amides is 1. The molecule has 1 aliphatic heterocycles.